The van der Waals surface area contributed by atoms with Crippen LogP contribution in [0.1, 0.15) is 6.92 Å². The van der Waals surface area contributed by atoms with E-state index in [0.717, 1.165) is 16.8 Å². The van der Waals surface area contributed by atoms with Gasteiger partial charge in [0.2, 0.25) is 0 Å². The highest BCUT2D eigenvalue weighted by molar-refractivity contribution is 7.80. The van der Waals surface area contributed by atoms with Crippen LogP contribution >= 0.6 is 12.6 Å². The van der Waals surface area contributed by atoms with Gasteiger partial charge in [0.1, 0.15) is 0 Å². The van der Waals surface area contributed by atoms with E-state index in [2.05, 4.69) is 24.5 Å². The lowest BCUT2D eigenvalue weighted by molar-refractivity contribution is 0.531. The number of fused-ring (bicyclic) bond motifs is 1. The fourth-order valence-corrected chi connectivity index (χ4v) is 1.79. The number of benzene rings is 1. The van der Waals surface area contributed by atoms with Crippen molar-refractivity contribution in [1.82, 2.24) is 9.55 Å². The average Bonchev–Trinajstić information content (AvgIpc) is 2.32. The largest absolute Gasteiger partial charge is 0.305 e. The van der Waals surface area contributed by atoms with Crippen molar-refractivity contribution in [2.24, 2.45) is 5.92 Å². The van der Waals surface area contributed by atoms with Gasteiger partial charge < -0.3 is 4.57 Å². The van der Waals surface area contributed by atoms with Gasteiger partial charge in [0.15, 0.2) is 0 Å². The van der Waals surface area contributed by atoms with Gasteiger partial charge >= 0.3 is 0 Å². The Morgan fingerprint density at radius 1 is 1.44 bits per heavy atom. The number of para-hydroxylation sites is 2. The fourth-order valence-electron chi connectivity index (χ4n) is 1.67. The predicted molar refractivity (Wildman–Crippen MR) is 69.0 cm³/mol. The summed E-state index contributed by atoms with van der Waals surface area (Å²) in [5.41, 5.74) is 1.70. The second-order valence-electron chi connectivity index (χ2n) is 3.98. The Balaban J connectivity index is 2.57. The summed E-state index contributed by atoms with van der Waals surface area (Å²) in [6.07, 6.45) is 1.38. The third kappa shape index (κ3) is 2.11. The van der Waals surface area contributed by atoms with Gasteiger partial charge in [-0.05, 0) is 23.8 Å². The minimum Gasteiger partial charge on any atom is -0.305 e. The topological polar surface area (TPSA) is 34.9 Å². The molecule has 1 aromatic heterocycles. The summed E-state index contributed by atoms with van der Waals surface area (Å²) in [6.45, 7) is 2.76. The molecule has 2 aromatic rings. The normalized spacial score (nSPS) is 12.9. The summed E-state index contributed by atoms with van der Waals surface area (Å²) in [5, 5.41) is 0. The van der Waals surface area contributed by atoms with Gasteiger partial charge in [-0.15, -0.1) is 0 Å². The van der Waals surface area contributed by atoms with E-state index in [4.69, 9.17) is 0 Å². The van der Waals surface area contributed by atoms with Gasteiger partial charge in [-0.1, -0.05) is 19.1 Å². The Kier molecular flexibility index (Phi) is 3.29. The first kappa shape index (κ1) is 11.2. The Morgan fingerprint density at radius 3 is 2.94 bits per heavy atom. The SMILES string of the molecule is CC(CS)Cn1c(=O)cnc2ccccc21. The summed E-state index contributed by atoms with van der Waals surface area (Å²) < 4.78 is 1.77. The van der Waals surface area contributed by atoms with E-state index in [-0.39, 0.29) is 5.56 Å². The van der Waals surface area contributed by atoms with Crippen molar-refractivity contribution in [3.63, 3.8) is 0 Å². The zero-order valence-corrected chi connectivity index (χ0v) is 10.0. The number of rotatable bonds is 3. The van der Waals surface area contributed by atoms with Gasteiger partial charge in [0.05, 0.1) is 17.2 Å². The number of aromatic nitrogens is 2. The van der Waals surface area contributed by atoms with Crippen molar-refractivity contribution in [2.45, 2.75) is 13.5 Å². The molecule has 0 aliphatic carbocycles. The van der Waals surface area contributed by atoms with Crippen LogP contribution < -0.4 is 5.56 Å². The van der Waals surface area contributed by atoms with Crippen LogP contribution in [0.2, 0.25) is 0 Å². The first-order valence-electron chi connectivity index (χ1n) is 5.28. The van der Waals surface area contributed by atoms with Gasteiger partial charge in [0, 0.05) is 6.54 Å². The molecule has 0 aliphatic rings. The van der Waals surface area contributed by atoms with Crippen molar-refractivity contribution >= 4 is 23.7 Å². The van der Waals surface area contributed by atoms with Crippen LogP contribution in [0.4, 0.5) is 0 Å². The van der Waals surface area contributed by atoms with Crippen molar-refractivity contribution in [1.29, 1.82) is 0 Å². The second kappa shape index (κ2) is 4.70. The summed E-state index contributed by atoms with van der Waals surface area (Å²) in [7, 11) is 0. The van der Waals surface area contributed by atoms with Crippen molar-refractivity contribution in [3.8, 4) is 0 Å². The quantitative estimate of drug-likeness (QED) is 0.824. The predicted octanol–water partition coefficient (Wildman–Crippen LogP) is 1.96. The third-order valence-electron chi connectivity index (χ3n) is 2.56. The summed E-state index contributed by atoms with van der Waals surface area (Å²) >= 11 is 4.24. The molecule has 4 heteroatoms. The molecule has 0 bridgehead atoms. The molecular formula is C12H14N2OS. The lowest BCUT2D eigenvalue weighted by Crippen LogP contribution is -2.24. The van der Waals surface area contributed by atoms with Crippen LogP contribution in [0, 0.1) is 5.92 Å². The molecule has 1 unspecified atom stereocenters. The average molecular weight is 234 g/mol. The number of thiol groups is 1. The fraction of sp³-hybridized carbons (Fsp3) is 0.333. The van der Waals surface area contributed by atoms with Crippen LogP contribution in [-0.4, -0.2) is 15.3 Å². The van der Waals surface area contributed by atoms with E-state index in [1.807, 2.05) is 24.3 Å². The highest BCUT2D eigenvalue weighted by atomic mass is 32.1. The number of hydrogen-bond donors (Lipinski definition) is 1. The molecule has 0 radical (unpaired) electrons. The highest BCUT2D eigenvalue weighted by Gasteiger charge is 2.06. The Labute approximate surface area is 99.5 Å². The summed E-state index contributed by atoms with van der Waals surface area (Å²) in [4.78, 5) is 15.9. The van der Waals surface area contributed by atoms with Crippen LogP contribution in [0.25, 0.3) is 11.0 Å². The monoisotopic (exact) mass is 234 g/mol. The van der Waals surface area contributed by atoms with Crippen molar-refractivity contribution < 1.29 is 0 Å². The molecule has 1 atom stereocenters. The zero-order valence-electron chi connectivity index (χ0n) is 9.13. The molecular weight excluding hydrogens is 220 g/mol. The lowest BCUT2D eigenvalue weighted by atomic mass is 10.2. The minimum atomic E-state index is -0.0488. The van der Waals surface area contributed by atoms with E-state index in [1.165, 1.54) is 6.20 Å². The van der Waals surface area contributed by atoms with Crippen LogP contribution in [0.5, 0.6) is 0 Å². The standard InChI is InChI=1S/C12H14N2OS/c1-9(8-16)7-14-11-5-3-2-4-10(11)13-6-12(14)15/h2-6,9,16H,7-8H2,1H3. The smallest absolute Gasteiger partial charge is 0.269 e. The Hall–Kier alpha value is -1.29. The molecule has 0 N–H and O–H groups in total. The summed E-state index contributed by atoms with van der Waals surface area (Å²) in [5.74, 6) is 1.13. The van der Waals surface area contributed by atoms with E-state index in [1.54, 1.807) is 4.57 Å². The van der Waals surface area contributed by atoms with E-state index in [0.29, 0.717) is 12.5 Å². The maximum absolute atomic E-state index is 11.8. The molecule has 0 saturated heterocycles. The summed E-state index contributed by atoms with van der Waals surface area (Å²) in [6, 6.07) is 7.68. The van der Waals surface area contributed by atoms with Gasteiger partial charge in [0.25, 0.3) is 5.56 Å². The molecule has 0 spiro atoms. The van der Waals surface area contributed by atoms with Crippen molar-refractivity contribution in [2.75, 3.05) is 5.75 Å². The highest BCUT2D eigenvalue weighted by Crippen LogP contribution is 2.10. The molecule has 0 aliphatic heterocycles. The van der Waals surface area contributed by atoms with E-state index in [9.17, 15) is 4.79 Å². The number of hydrogen-bond acceptors (Lipinski definition) is 3. The third-order valence-corrected chi connectivity index (χ3v) is 3.18. The molecule has 0 amide bonds. The first-order chi connectivity index (χ1) is 7.72. The molecule has 1 heterocycles. The molecule has 2 rings (SSSR count). The molecule has 16 heavy (non-hydrogen) atoms. The minimum absolute atomic E-state index is 0.0488. The Morgan fingerprint density at radius 2 is 2.19 bits per heavy atom. The number of nitrogens with zero attached hydrogens (tertiary/aromatic N) is 2. The first-order valence-corrected chi connectivity index (χ1v) is 5.91. The van der Waals surface area contributed by atoms with Crippen molar-refractivity contribution in [3.05, 3.63) is 40.8 Å². The van der Waals surface area contributed by atoms with E-state index < -0.39 is 0 Å². The van der Waals surface area contributed by atoms with Crippen LogP contribution in [0.15, 0.2) is 35.3 Å². The van der Waals surface area contributed by atoms with Gasteiger partial charge in [-0.25, -0.2) is 4.98 Å². The van der Waals surface area contributed by atoms with E-state index >= 15 is 0 Å². The zero-order chi connectivity index (χ0) is 11.5. The van der Waals surface area contributed by atoms with Crippen LogP contribution in [0.3, 0.4) is 0 Å². The van der Waals surface area contributed by atoms with Gasteiger partial charge in [-0.2, -0.15) is 12.6 Å². The molecule has 84 valence electrons. The lowest BCUT2D eigenvalue weighted by Gasteiger charge is -2.13. The molecule has 3 nitrogen and oxygen atoms in total. The molecule has 1 aromatic carbocycles. The molecule has 0 saturated carbocycles. The maximum Gasteiger partial charge on any atom is 0.269 e. The maximum atomic E-state index is 11.8. The Bertz CT molecular complexity index is 550. The van der Waals surface area contributed by atoms with Gasteiger partial charge in [-0.3, -0.25) is 4.79 Å². The second-order valence-corrected chi connectivity index (χ2v) is 4.35. The van der Waals surface area contributed by atoms with Crippen LogP contribution in [-0.2, 0) is 6.54 Å². The molecule has 0 fully saturated rings.